The number of aromatic nitrogens is 3. The van der Waals surface area contributed by atoms with Crippen molar-refractivity contribution in [2.24, 2.45) is 11.4 Å². The van der Waals surface area contributed by atoms with Crippen LogP contribution >= 0.6 is 11.8 Å². The number of rotatable bonds is 5. The summed E-state index contributed by atoms with van der Waals surface area (Å²) in [7, 11) is 0.775. The lowest BCUT2D eigenvalue weighted by Crippen LogP contribution is -2.01. The van der Waals surface area contributed by atoms with Crippen LogP contribution in [0.25, 0.3) is 0 Å². The first-order valence-electron chi connectivity index (χ1n) is 5.09. The topological polar surface area (TPSA) is 86.4 Å². The summed E-state index contributed by atoms with van der Waals surface area (Å²) < 4.78 is 21.5. The predicted octanol–water partition coefficient (Wildman–Crippen LogP) is 0.829. The van der Waals surface area contributed by atoms with E-state index in [0.29, 0.717) is 23.3 Å². The van der Waals surface area contributed by atoms with E-state index in [1.165, 1.54) is 36.1 Å². The summed E-state index contributed by atoms with van der Waals surface area (Å²) in [6.07, 6.45) is 3.36. The third-order valence-corrected chi connectivity index (χ3v) is 3.23. The minimum Gasteiger partial charge on any atom is -0.469 e. The Kier molecular flexibility index (Phi) is 5.15. The molecule has 0 saturated carbocycles. The Balaban J connectivity index is 2.68. The fourth-order valence-corrected chi connectivity index (χ4v) is 2.35. The van der Waals surface area contributed by atoms with Crippen LogP contribution in [0.15, 0.2) is 9.52 Å². The Morgan fingerprint density at radius 1 is 1.56 bits per heavy atom. The molecule has 1 aromatic heterocycles. The van der Waals surface area contributed by atoms with Crippen LogP contribution in [0.1, 0.15) is 6.42 Å². The molecule has 1 rings (SSSR count). The molecule has 9 heteroatoms. The van der Waals surface area contributed by atoms with E-state index in [9.17, 15) is 9.00 Å². The highest BCUT2D eigenvalue weighted by molar-refractivity contribution is 7.99. The fraction of sp³-hybridized carbons (Fsp3) is 0.667. The van der Waals surface area contributed by atoms with Crippen LogP contribution in [0.2, 0.25) is 0 Å². The summed E-state index contributed by atoms with van der Waals surface area (Å²) in [6, 6.07) is 0. The summed E-state index contributed by atoms with van der Waals surface area (Å²) in [5, 5.41) is 4.62. The molecule has 0 aliphatic heterocycles. The maximum absolute atomic E-state index is 11.5. The van der Waals surface area contributed by atoms with Crippen molar-refractivity contribution < 1.29 is 13.7 Å². The lowest BCUT2D eigenvalue weighted by Gasteiger charge is -1.95. The maximum Gasteiger partial charge on any atom is 0.306 e. The molecular weight excluding hydrogens is 276 g/mol. The molecule has 0 aliphatic carbocycles. The number of thioether (sulfide) groups is 1. The zero-order valence-electron chi connectivity index (χ0n) is 10.7. The fourth-order valence-electron chi connectivity index (χ4n) is 1.02. The minimum atomic E-state index is -2.26. The summed E-state index contributed by atoms with van der Waals surface area (Å²) in [5.74, 6) is 0.586. The second-order valence-corrected chi connectivity index (χ2v) is 7.37. The van der Waals surface area contributed by atoms with Gasteiger partial charge in [-0.2, -0.15) is 9.35 Å². The molecule has 0 bridgehead atoms. The van der Waals surface area contributed by atoms with Crippen LogP contribution in [0.3, 0.4) is 0 Å². The van der Waals surface area contributed by atoms with Gasteiger partial charge in [0.2, 0.25) is 5.16 Å². The molecular formula is C9H16N4O3S2. The average Bonchev–Trinajstić information content (AvgIpc) is 2.57. The van der Waals surface area contributed by atoms with Gasteiger partial charge in [-0.1, -0.05) is 11.8 Å². The molecule has 0 aromatic carbocycles. The van der Waals surface area contributed by atoms with Gasteiger partial charge in [0, 0.05) is 35.0 Å². The molecule has 0 amide bonds. The number of carbonyl (C=O) groups is 1. The van der Waals surface area contributed by atoms with Crippen molar-refractivity contribution in [3.05, 3.63) is 0 Å². The number of hydrogen-bond acceptors (Lipinski definition) is 7. The molecule has 1 heterocycles. The lowest BCUT2D eigenvalue weighted by molar-refractivity contribution is -0.140. The van der Waals surface area contributed by atoms with Crippen LogP contribution in [0.4, 0.5) is 5.95 Å². The first-order valence-corrected chi connectivity index (χ1v) is 8.41. The molecule has 0 atom stereocenters. The first-order chi connectivity index (χ1) is 8.31. The summed E-state index contributed by atoms with van der Waals surface area (Å²) in [4.78, 5) is 15.1. The van der Waals surface area contributed by atoms with Crippen LogP contribution in [-0.2, 0) is 26.3 Å². The molecule has 0 radical (unpaired) electrons. The number of hydrogen-bond donors (Lipinski definition) is 0. The first kappa shape index (κ1) is 15.0. The van der Waals surface area contributed by atoms with E-state index in [2.05, 4.69) is 19.2 Å². The van der Waals surface area contributed by atoms with Gasteiger partial charge in [-0.05, 0) is 0 Å². The van der Waals surface area contributed by atoms with Gasteiger partial charge in [-0.25, -0.2) is 8.89 Å². The average molecular weight is 292 g/mol. The van der Waals surface area contributed by atoms with Crippen LogP contribution in [-0.4, -0.2) is 50.3 Å². The van der Waals surface area contributed by atoms with Crippen molar-refractivity contribution in [2.75, 3.05) is 25.4 Å². The lowest BCUT2D eigenvalue weighted by atomic mass is 10.5. The molecule has 0 unspecified atom stereocenters. The van der Waals surface area contributed by atoms with E-state index in [-0.39, 0.29) is 5.97 Å². The predicted molar refractivity (Wildman–Crippen MR) is 70.4 cm³/mol. The summed E-state index contributed by atoms with van der Waals surface area (Å²) in [6.45, 7) is 0. The van der Waals surface area contributed by atoms with Crippen molar-refractivity contribution in [2.45, 2.75) is 11.6 Å². The largest absolute Gasteiger partial charge is 0.469 e. The SMILES string of the molecule is COC(=O)CCSc1nc(N=S(C)(C)=O)n(C)n1. The Labute approximate surface area is 110 Å². The van der Waals surface area contributed by atoms with Gasteiger partial charge in [0.15, 0.2) is 0 Å². The van der Waals surface area contributed by atoms with Gasteiger partial charge >= 0.3 is 5.97 Å². The van der Waals surface area contributed by atoms with Gasteiger partial charge in [-0.3, -0.25) is 4.79 Å². The standard InChI is InChI=1S/C9H16N4O3S2/c1-13-8(12-18(3,4)15)10-9(11-13)17-6-5-7(14)16-2/h5-6H2,1-4H3. The Morgan fingerprint density at radius 2 is 2.22 bits per heavy atom. The molecule has 102 valence electrons. The Bertz CT molecular complexity index is 538. The highest BCUT2D eigenvalue weighted by Crippen LogP contribution is 2.19. The van der Waals surface area contributed by atoms with Crippen molar-refractivity contribution in [3.63, 3.8) is 0 Å². The van der Waals surface area contributed by atoms with Gasteiger partial charge in [0.25, 0.3) is 5.95 Å². The summed E-state index contributed by atoms with van der Waals surface area (Å²) in [5.41, 5.74) is 0. The van der Waals surface area contributed by atoms with Gasteiger partial charge < -0.3 is 4.74 Å². The molecule has 7 nitrogen and oxygen atoms in total. The van der Waals surface area contributed by atoms with Crippen molar-refractivity contribution in [1.29, 1.82) is 0 Å². The molecule has 0 aliphatic rings. The minimum absolute atomic E-state index is 0.270. The molecule has 0 saturated heterocycles. The molecule has 18 heavy (non-hydrogen) atoms. The van der Waals surface area contributed by atoms with Crippen LogP contribution < -0.4 is 0 Å². The number of methoxy groups -OCH3 is 1. The number of ether oxygens (including phenoxy) is 1. The zero-order chi connectivity index (χ0) is 13.8. The number of nitrogens with zero attached hydrogens (tertiary/aromatic N) is 4. The normalized spacial score (nSPS) is 11.3. The quantitative estimate of drug-likeness (QED) is 0.590. The zero-order valence-corrected chi connectivity index (χ0v) is 12.4. The van der Waals surface area contributed by atoms with E-state index in [1.807, 2.05) is 0 Å². The number of esters is 1. The highest BCUT2D eigenvalue weighted by atomic mass is 32.2. The Morgan fingerprint density at radius 3 is 2.78 bits per heavy atom. The number of carbonyl (C=O) groups excluding carboxylic acids is 1. The van der Waals surface area contributed by atoms with E-state index < -0.39 is 9.73 Å². The number of aryl methyl sites for hydroxylation is 1. The molecule has 0 spiro atoms. The van der Waals surface area contributed by atoms with Gasteiger partial charge in [0.1, 0.15) is 0 Å². The molecule has 1 aromatic rings. The molecule has 0 N–H and O–H groups in total. The van der Waals surface area contributed by atoms with Crippen LogP contribution in [0, 0.1) is 0 Å². The van der Waals surface area contributed by atoms with Crippen molar-refractivity contribution >= 4 is 33.4 Å². The monoisotopic (exact) mass is 292 g/mol. The molecule has 0 fully saturated rings. The van der Waals surface area contributed by atoms with E-state index in [0.717, 1.165) is 0 Å². The second-order valence-electron chi connectivity index (χ2n) is 3.77. The van der Waals surface area contributed by atoms with Crippen molar-refractivity contribution in [3.8, 4) is 0 Å². The second kappa shape index (κ2) is 6.19. The summed E-state index contributed by atoms with van der Waals surface area (Å²) >= 11 is 1.33. The van der Waals surface area contributed by atoms with E-state index in [4.69, 9.17) is 0 Å². The Hall–Kier alpha value is -1.09. The highest BCUT2D eigenvalue weighted by Gasteiger charge is 2.09. The third-order valence-electron chi connectivity index (χ3n) is 1.79. The third kappa shape index (κ3) is 5.05. The van der Waals surface area contributed by atoms with Gasteiger partial charge in [0.05, 0.1) is 13.5 Å². The smallest absolute Gasteiger partial charge is 0.306 e. The maximum atomic E-state index is 11.5. The van der Waals surface area contributed by atoms with Crippen molar-refractivity contribution in [1.82, 2.24) is 14.8 Å². The van der Waals surface area contributed by atoms with Crippen LogP contribution in [0.5, 0.6) is 0 Å². The van der Waals surface area contributed by atoms with E-state index in [1.54, 1.807) is 7.05 Å². The van der Waals surface area contributed by atoms with E-state index >= 15 is 0 Å². The van der Waals surface area contributed by atoms with Gasteiger partial charge in [-0.15, -0.1) is 5.10 Å².